The first kappa shape index (κ1) is 17.0. The molecule has 2 aromatic rings. The zero-order chi connectivity index (χ0) is 16.7. The third kappa shape index (κ3) is 5.76. The van der Waals surface area contributed by atoms with Crippen LogP contribution < -0.4 is 5.32 Å². The van der Waals surface area contributed by atoms with E-state index in [2.05, 4.69) is 10.3 Å². The molecule has 8 heteroatoms. The van der Waals surface area contributed by atoms with Crippen LogP contribution in [-0.4, -0.2) is 29.3 Å². The molecule has 2 aromatic heterocycles. The van der Waals surface area contributed by atoms with Crippen LogP contribution in [0.4, 0.5) is 0 Å². The lowest BCUT2D eigenvalue weighted by Crippen LogP contribution is -2.18. The zero-order valence-corrected chi connectivity index (χ0v) is 13.9. The highest BCUT2D eigenvalue weighted by Gasteiger charge is 2.11. The fourth-order valence-corrected chi connectivity index (χ4v) is 2.95. The number of carbonyl (C=O) groups is 3. The molecule has 0 saturated carbocycles. The predicted molar refractivity (Wildman–Crippen MR) is 88.3 cm³/mol. The standard InChI is InChI=1S/C15H14N2O4S2/c1-10(18)17-8-11-2-3-13(23-11)12(19)9-21-15(20)5-4-14-16-6-7-22-14/h2-7H,8-9H2,1H3,(H,17,18)/b5-4+. The highest BCUT2D eigenvalue weighted by atomic mass is 32.1. The molecule has 120 valence electrons. The Hall–Kier alpha value is -2.32. The molecular weight excluding hydrogens is 336 g/mol. The number of nitrogens with zero attached hydrogens (tertiary/aromatic N) is 1. The Morgan fingerprint density at radius 1 is 1.35 bits per heavy atom. The zero-order valence-electron chi connectivity index (χ0n) is 12.3. The Kier molecular flexibility index (Phi) is 6.19. The Morgan fingerprint density at radius 3 is 2.87 bits per heavy atom. The summed E-state index contributed by atoms with van der Waals surface area (Å²) in [5, 5.41) is 5.14. The van der Waals surface area contributed by atoms with Gasteiger partial charge in [0, 0.05) is 29.5 Å². The van der Waals surface area contributed by atoms with Crippen LogP contribution in [0, 0.1) is 0 Å². The number of thiazole rings is 1. The van der Waals surface area contributed by atoms with Crippen molar-refractivity contribution in [3.8, 4) is 0 Å². The smallest absolute Gasteiger partial charge is 0.331 e. The van der Waals surface area contributed by atoms with E-state index in [1.54, 1.807) is 23.7 Å². The lowest BCUT2D eigenvalue weighted by atomic mass is 10.3. The van der Waals surface area contributed by atoms with Gasteiger partial charge in [-0.15, -0.1) is 22.7 Å². The van der Waals surface area contributed by atoms with E-state index >= 15 is 0 Å². The van der Waals surface area contributed by atoms with E-state index in [1.165, 1.54) is 41.7 Å². The average molecular weight is 350 g/mol. The number of Topliss-reactive ketones (excluding diaryl/α,β-unsaturated/α-hetero) is 1. The van der Waals surface area contributed by atoms with Crippen molar-refractivity contribution in [1.82, 2.24) is 10.3 Å². The summed E-state index contributed by atoms with van der Waals surface area (Å²) < 4.78 is 4.90. The number of esters is 1. The first-order valence-corrected chi connectivity index (χ1v) is 8.35. The van der Waals surface area contributed by atoms with Crippen molar-refractivity contribution in [2.24, 2.45) is 0 Å². The Bertz CT molecular complexity index is 720. The number of ketones is 1. The summed E-state index contributed by atoms with van der Waals surface area (Å²) in [6, 6.07) is 3.42. The molecule has 23 heavy (non-hydrogen) atoms. The van der Waals surface area contributed by atoms with Crippen LogP contribution in [0.3, 0.4) is 0 Å². The molecule has 2 heterocycles. The second-order valence-electron chi connectivity index (χ2n) is 4.41. The number of carbonyl (C=O) groups excluding carboxylic acids is 3. The van der Waals surface area contributed by atoms with Gasteiger partial charge in [-0.25, -0.2) is 9.78 Å². The molecule has 0 aliphatic heterocycles. The molecule has 0 spiro atoms. The normalized spacial score (nSPS) is 10.7. The summed E-state index contributed by atoms with van der Waals surface area (Å²) in [6.07, 6.45) is 4.41. The van der Waals surface area contributed by atoms with Crippen LogP contribution in [0.2, 0.25) is 0 Å². The molecule has 2 rings (SSSR count). The Balaban J connectivity index is 1.80. The van der Waals surface area contributed by atoms with Gasteiger partial charge in [-0.3, -0.25) is 9.59 Å². The number of hydrogen-bond donors (Lipinski definition) is 1. The third-order valence-corrected chi connectivity index (χ3v) is 4.47. The maximum absolute atomic E-state index is 11.9. The van der Waals surface area contributed by atoms with Crippen LogP contribution in [0.15, 0.2) is 29.8 Å². The van der Waals surface area contributed by atoms with E-state index in [9.17, 15) is 14.4 Å². The second-order valence-corrected chi connectivity index (χ2v) is 6.50. The van der Waals surface area contributed by atoms with Crippen LogP contribution in [-0.2, 0) is 20.9 Å². The molecule has 6 nitrogen and oxygen atoms in total. The monoisotopic (exact) mass is 350 g/mol. The van der Waals surface area contributed by atoms with Crippen molar-refractivity contribution in [2.45, 2.75) is 13.5 Å². The van der Waals surface area contributed by atoms with Crippen LogP contribution in [0.5, 0.6) is 0 Å². The van der Waals surface area contributed by atoms with Gasteiger partial charge in [0.15, 0.2) is 6.61 Å². The van der Waals surface area contributed by atoms with Gasteiger partial charge in [-0.1, -0.05) is 0 Å². The minimum atomic E-state index is -0.594. The van der Waals surface area contributed by atoms with Crippen LogP contribution in [0.25, 0.3) is 6.08 Å². The highest BCUT2D eigenvalue weighted by Crippen LogP contribution is 2.17. The van der Waals surface area contributed by atoms with Crippen molar-refractivity contribution in [1.29, 1.82) is 0 Å². The number of rotatable bonds is 7. The lowest BCUT2D eigenvalue weighted by molar-refractivity contribution is -0.136. The minimum absolute atomic E-state index is 0.132. The molecule has 0 fully saturated rings. The van der Waals surface area contributed by atoms with Crippen molar-refractivity contribution in [3.63, 3.8) is 0 Å². The summed E-state index contributed by atoms with van der Waals surface area (Å²) in [6.45, 7) is 1.49. The lowest BCUT2D eigenvalue weighted by Gasteiger charge is -2.00. The van der Waals surface area contributed by atoms with E-state index in [-0.39, 0.29) is 18.3 Å². The molecule has 1 N–H and O–H groups in total. The summed E-state index contributed by atoms with van der Waals surface area (Å²) in [4.78, 5) is 39.7. The summed E-state index contributed by atoms with van der Waals surface area (Å²) in [5.74, 6) is -1.00. The largest absolute Gasteiger partial charge is 0.454 e. The quantitative estimate of drug-likeness (QED) is 0.470. The topological polar surface area (TPSA) is 85.4 Å². The molecule has 0 radical (unpaired) electrons. The van der Waals surface area contributed by atoms with Crippen molar-refractivity contribution in [3.05, 3.63) is 44.5 Å². The van der Waals surface area contributed by atoms with Gasteiger partial charge in [0.05, 0.1) is 11.4 Å². The fourth-order valence-electron chi connectivity index (χ4n) is 1.55. The first-order chi connectivity index (χ1) is 11.0. The van der Waals surface area contributed by atoms with E-state index < -0.39 is 5.97 Å². The number of nitrogens with one attached hydrogen (secondary N) is 1. The Morgan fingerprint density at radius 2 is 2.17 bits per heavy atom. The molecule has 0 unspecified atom stereocenters. The van der Waals surface area contributed by atoms with E-state index in [0.29, 0.717) is 16.4 Å². The van der Waals surface area contributed by atoms with Gasteiger partial charge in [0.2, 0.25) is 11.7 Å². The number of thiophene rings is 1. The molecule has 0 aliphatic rings. The van der Waals surface area contributed by atoms with Gasteiger partial charge >= 0.3 is 5.97 Å². The van der Waals surface area contributed by atoms with Gasteiger partial charge in [0.1, 0.15) is 5.01 Å². The number of amides is 1. The van der Waals surface area contributed by atoms with Crippen molar-refractivity contribution >= 4 is 46.4 Å². The molecule has 0 aliphatic carbocycles. The minimum Gasteiger partial charge on any atom is -0.454 e. The van der Waals surface area contributed by atoms with Gasteiger partial charge < -0.3 is 10.1 Å². The van der Waals surface area contributed by atoms with Crippen LogP contribution in [0.1, 0.15) is 26.5 Å². The van der Waals surface area contributed by atoms with Crippen LogP contribution >= 0.6 is 22.7 Å². The maximum atomic E-state index is 11.9. The van der Waals surface area contributed by atoms with E-state index in [0.717, 1.165) is 4.88 Å². The fraction of sp³-hybridized carbons (Fsp3) is 0.200. The van der Waals surface area contributed by atoms with Crippen molar-refractivity contribution < 1.29 is 19.1 Å². The molecule has 0 bridgehead atoms. The average Bonchev–Trinajstić information content (AvgIpc) is 3.19. The number of ether oxygens (including phenoxy) is 1. The summed E-state index contributed by atoms with van der Waals surface area (Å²) in [5.41, 5.74) is 0. The molecular formula is C15H14N2O4S2. The van der Waals surface area contributed by atoms with Gasteiger partial charge in [-0.05, 0) is 18.2 Å². The Labute approximate surface area is 140 Å². The summed E-state index contributed by atoms with van der Waals surface area (Å²) in [7, 11) is 0. The summed E-state index contributed by atoms with van der Waals surface area (Å²) >= 11 is 2.66. The molecule has 0 saturated heterocycles. The first-order valence-electron chi connectivity index (χ1n) is 6.65. The van der Waals surface area contributed by atoms with E-state index in [1.807, 2.05) is 0 Å². The predicted octanol–water partition coefficient (Wildman–Crippen LogP) is 2.28. The molecule has 1 amide bonds. The maximum Gasteiger partial charge on any atom is 0.331 e. The number of hydrogen-bond acceptors (Lipinski definition) is 7. The highest BCUT2D eigenvalue weighted by molar-refractivity contribution is 7.14. The molecule has 0 atom stereocenters. The third-order valence-electron chi connectivity index (χ3n) is 2.61. The van der Waals surface area contributed by atoms with Crippen molar-refractivity contribution in [2.75, 3.05) is 6.61 Å². The van der Waals surface area contributed by atoms with Gasteiger partial charge in [-0.2, -0.15) is 0 Å². The SMILES string of the molecule is CC(=O)NCc1ccc(C(=O)COC(=O)/C=C/c2nccs2)s1. The second kappa shape index (κ2) is 8.35. The molecule has 0 aromatic carbocycles. The van der Waals surface area contributed by atoms with E-state index in [4.69, 9.17) is 4.74 Å². The number of aromatic nitrogens is 1. The van der Waals surface area contributed by atoms with Gasteiger partial charge in [0.25, 0.3) is 0 Å².